The zero-order chi connectivity index (χ0) is 15.3. The predicted octanol–water partition coefficient (Wildman–Crippen LogP) is 2.24. The van der Waals surface area contributed by atoms with Gasteiger partial charge >= 0.3 is 5.97 Å². The minimum Gasteiger partial charge on any atom is -0.496 e. The lowest BCUT2D eigenvalue weighted by molar-refractivity contribution is -0.144. The number of benzene rings is 1. The van der Waals surface area contributed by atoms with E-state index < -0.39 is 11.5 Å². The molecule has 1 aromatic carbocycles. The van der Waals surface area contributed by atoms with Gasteiger partial charge in [-0.1, -0.05) is 6.92 Å². The number of ketones is 1. The van der Waals surface area contributed by atoms with E-state index >= 15 is 0 Å². The van der Waals surface area contributed by atoms with Crippen LogP contribution in [-0.4, -0.2) is 29.5 Å². The van der Waals surface area contributed by atoms with Crippen molar-refractivity contribution in [3.8, 4) is 5.75 Å². The highest BCUT2D eigenvalue weighted by Crippen LogP contribution is 2.21. The molecule has 5 nitrogen and oxygen atoms in total. The summed E-state index contributed by atoms with van der Waals surface area (Å²) >= 11 is 0. The van der Waals surface area contributed by atoms with Gasteiger partial charge in [-0.25, -0.2) is 0 Å². The smallest absolute Gasteiger partial charge is 0.323 e. The summed E-state index contributed by atoms with van der Waals surface area (Å²) < 4.78 is 5.24. The maximum absolute atomic E-state index is 11.4. The molecule has 0 bridgehead atoms. The van der Waals surface area contributed by atoms with Crippen molar-refractivity contribution in [2.45, 2.75) is 39.3 Å². The number of aliphatic carboxylic acids is 1. The summed E-state index contributed by atoms with van der Waals surface area (Å²) in [6, 6.07) is 5.14. The van der Waals surface area contributed by atoms with Crippen LogP contribution < -0.4 is 10.1 Å². The van der Waals surface area contributed by atoms with E-state index in [-0.39, 0.29) is 5.78 Å². The first-order valence-corrected chi connectivity index (χ1v) is 6.50. The van der Waals surface area contributed by atoms with Gasteiger partial charge in [-0.2, -0.15) is 0 Å². The zero-order valence-electron chi connectivity index (χ0n) is 12.3. The molecule has 0 fully saturated rings. The van der Waals surface area contributed by atoms with Crippen molar-refractivity contribution in [2.75, 3.05) is 7.11 Å². The van der Waals surface area contributed by atoms with Crippen LogP contribution in [0.4, 0.5) is 0 Å². The maximum Gasteiger partial charge on any atom is 0.323 e. The van der Waals surface area contributed by atoms with E-state index in [0.717, 1.165) is 5.56 Å². The van der Waals surface area contributed by atoms with Crippen molar-refractivity contribution in [1.29, 1.82) is 0 Å². The molecule has 0 saturated carbocycles. The highest BCUT2D eigenvalue weighted by Gasteiger charge is 2.30. The molecule has 1 unspecified atom stereocenters. The van der Waals surface area contributed by atoms with Gasteiger partial charge in [0.25, 0.3) is 0 Å². The maximum atomic E-state index is 11.4. The predicted molar refractivity (Wildman–Crippen MR) is 76.2 cm³/mol. The van der Waals surface area contributed by atoms with Crippen LogP contribution in [0, 0.1) is 0 Å². The third-order valence-electron chi connectivity index (χ3n) is 3.54. The molecule has 0 aliphatic heterocycles. The lowest BCUT2D eigenvalue weighted by Crippen LogP contribution is -2.48. The van der Waals surface area contributed by atoms with Gasteiger partial charge in [0.2, 0.25) is 0 Å². The summed E-state index contributed by atoms with van der Waals surface area (Å²) in [6.07, 6.45) is 0.455. The Morgan fingerprint density at radius 2 is 2.05 bits per heavy atom. The summed E-state index contributed by atoms with van der Waals surface area (Å²) in [5.41, 5.74) is 0.342. The summed E-state index contributed by atoms with van der Waals surface area (Å²) in [4.78, 5) is 22.7. The van der Waals surface area contributed by atoms with E-state index in [1.807, 2.05) is 6.92 Å². The van der Waals surface area contributed by atoms with E-state index in [1.54, 1.807) is 32.2 Å². The minimum absolute atomic E-state index is 0.0367. The molecule has 1 atom stereocenters. The molecule has 1 rings (SSSR count). The highest BCUT2D eigenvalue weighted by atomic mass is 16.5. The number of hydrogen-bond acceptors (Lipinski definition) is 4. The molecule has 0 spiro atoms. The number of methoxy groups -OCH3 is 1. The summed E-state index contributed by atoms with van der Waals surface area (Å²) in [7, 11) is 1.54. The van der Waals surface area contributed by atoms with Crippen molar-refractivity contribution in [3.05, 3.63) is 29.3 Å². The van der Waals surface area contributed by atoms with Crippen LogP contribution in [0.25, 0.3) is 0 Å². The summed E-state index contributed by atoms with van der Waals surface area (Å²) in [5.74, 6) is -0.307. The molecule has 1 aromatic rings. The molecule has 0 saturated heterocycles. The molecule has 0 aromatic heterocycles. The fourth-order valence-corrected chi connectivity index (χ4v) is 1.78. The second kappa shape index (κ2) is 6.52. The number of carbonyl (C=O) groups is 2. The quantitative estimate of drug-likeness (QED) is 0.749. The molecule has 0 amide bonds. The van der Waals surface area contributed by atoms with Crippen molar-refractivity contribution in [1.82, 2.24) is 5.32 Å². The largest absolute Gasteiger partial charge is 0.496 e. The van der Waals surface area contributed by atoms with E-state index in [2.05, 4.69) is 5.32 Å². The standard InChI is InChI=1S/C15H21NO4/c1-5-15(3,14(18)19)16-9-12-8-11(10(2)17)6-7-13(12)20-4/h6-8,16H,5,9H2,1-4H3,(H,18,19). The molecule has 2 N–H and O–H groups in total. The fourth-order valence-electron chi connectivity index (χ4n) is 1.78. The van der Waals surface area contributed by atoms with Gasteiger partial charge in [0.15, 0.2) is 5.78 Å². The third kappa shape index (κ3) is 3.57. The zero-order valence-corrected chi connectivity index (χ0v) is 12.3. The highest BCUT2D eigenvalue weighted by molar-refractivity contribution is 5.94. The van der Waals surface area contributed by atoms with Gasteiger partial charge in [-0.15, -0.1) is 0 Å². The van der Waals surface area contributed by atoms with Gasteiger partial charge in [0, 0.05) is 17.7 Å². The van der Waals surface area contributed by atoms with Crippen molar-refractivity contribution in [2.24, 2.45) is 0 Å². The second-order valence-electron chi connectivity index (χ2n) is 4.93. The van der Waals surface area contributed by atoms with E-state index in [9.17, 15) is 14.7 Å². The average Bonchev–Trinajstić information content (AvgIpc) is 2.43. The molecular formula is C15H21NO4. The molecule has 0 aliphatic carbocycles. The normalized spacial score (nSPS) is 13.6. The second-order valence-corrected chi connectivity index (χ2v) is 4.93. The Morgan fingerprint density at radius 1 is 1.40 bits per heavy atom. The van der Waals surface area contributed by atoms with E-state index in [1.165, 1.54) is 6.92 Å². The number of rotatable bonds is 7. The number of hydrogen-bond donors (Lipinski definition) is 2. The Hall–Kier alpha value is -1.88. The minimum atomic E-state index is -1.00. The van der Waals surface area contributed by atoms with Gasteiger partial charge in [0.05, 0.1) is 7.11 Å². The number of ether oxygens (including phenoxy) is 1. The van der Waals surface area contributed by atoms with Crippen LogP contribution in [0.1, 0.15) is 43.1 Å². The van der Waals surface area contributed by atoms with Crippen LogP contribution in [0.5, 0.6) is 5.75 Å². The van der Waals surface area contributed by atoms with E-state index in [0.29, 0.717) is 24.3 Å². The topological polar surface area (TPSA) is 75.6 Å². The number of carboxylic acid groups (broad SMARTS) is 1. The Kier molecular flexibility index (Phi) is 5.27. The van der Waals surface area contributed by atoms with Crippen molar-refractivity contribution in [3.63, 3.8) is 0 Å². The van der Waals surface area contributed by atoms with Gasteiger partial charge in [-0.3, -0.25) is 14.9 Å². The SMILES string of the molecule is CCC(C)(NCc1cc(C(C)=O)ccc1OC)C(=O)O. The first-order valence-electron chi connectivity index (χ1n) is 6.50. The first-order chi connectivity index (χ1) is 9.34. The van der Waals surface area contributed by atoms with E-state index in [4.69, 9.17) is 4.74 Å². The summed E-state index contributed by atoms with van der Waals surface area (Å²) in [6.45, 7) is 5.26. The van der Waals surface area contributed by atoms with Crippen molar-refractivity contribution < 1.29 is 19.4 Å². The number of nitrogens with one attached hydrogen (secondary N) is 1. The van der Waals surface area contributed by atoms with Crippen LogP contribution in [0.15, 0.2) is 18.2 Å². The number of carboxylic acids is 1. The lowest BCUT2D eigenvalue weighted by Gasteiger charge is -2.25. The number of carbonyl (C=O) groups excluding carboxylic acids is 1. The average molecular weight is 279 g/mol. The summed E-state index contributed by atoms with van der Waals surface area (Å²) in [5, 5.41) is 12.2. The van der Waals surface area contributed by atoms with Crippen LogP contribution in [0.3, 0.4) is 0 Å². The van der Waals surface area contributed by atoms with Gasteiger partial charge in [-0.05, 0) is 38.5 Å². The number of Topliss-reactive ketones (excluding diaryl/α,β-unsaturated/α-hetero) is 1. The van der Waals surface area contributed by atoms with Crippen LogP contribution >= 0.6 is 0 Å². The third-order valence-corrected chi connectivity index (χ3v) is 3.54. The van der Waals surface area contributed by atoms with Crippen LogP contribution in [0.2, 0.25) is 0 Å². The fraction of sp³-hybridized carbons (Fsp3) is 0.467. The molecule has 20 heavy (non-hydrogen) atoms. The molecule has 110 valence electrons. The molecule has 0 aliphatic rings. The Bertz CT molecular complexity index is 513. The Morgan fingerprint density at radius 3 is 2.50 bits per heavy atom. The monoisotopic (exact) mass is 279 g/mol. The first kappa shape index (κ1) is 16.2. The van der Waals surface area contributed by atoms with Crippen molar-refractivity contribution >= 4 is 11.8 Å². The Balaban J connectivity index is 2.98. The lowest BCUT2D eigenvalue weighted by atomic mass is 9.98. The molecule has 5 heteroatoms. The molecule has 0 heterocycles. The van der Waals surface area contributed by atoms with Gasteiger partial charge < -0.3 is 9.84 Å². The van der Waals surface area contributed by atoms with Gasteiger partial charge in [0.1, 0.15) is 11.3 Å². The molecule has 0 radical (unpaired) electrons. The molecular weight excluding hydrogens is 258 g/mol. The van der Waals surface area contributed by atoms with Crippen LogP contribution in [-0.2, 0) is 11.3 Å². The Labute approximate surface area is 118 Å².